The average Bonchev–Trinajstić information content (AvgIpc) is 2.78. The number of hydrogen-bond donors (Lipinski definition) is 0. The Labute approximate surface area is 245 Å². The second kappa shape index (κ2) is 14.1. The molecule has 8 nitrogen and oxygen atoms in total. The Balaban J connectivity index is 2.35. The molecule has 0 bridgehead atoms. The number of amides is 1. The summed E-state index contributed by atoms with van der Waals surface area (Å²) in [6.45, 7) is 19.5. The molecule has 0 spiro atoms. The molecule has 1 amide bonds. The maximum atomic E-state index is 13.7. The van der Waals surface area contributed by atoms with Crippen LogP contribution in [-0.4, -0.2) is 67.1 Å². The lowest BCUT2D eigenvalue weighted by molar-refractivity contribution is -0.290. The third-order valence-corrected chi connectivity index (χ3v) is 7.96. The Morgan fingerprint density at radius 1 is 1.12 bits per heavy atom. The second-order valence-electron chi connectivity index (χ2n) is 13.6. The van der Waals surface area contributed by atoms with Crippen molar-refractivity contribution in [3.8, 4) is 0 Å². The van der Waals surface area contributed by atoms with E-state index >= 15 is 0 Å². The number of rotatable bonds is 11. The predicted molar refractivity (Wildman–Crippen MR) is 158 cm³/mol. The van der Waals surface area contributed by atoms with Crippen molar-refractivity contribution in [1.29, 1.82) is 0 Å². The molecule has 2 rings (SSSR count). The number of nitrogens with zero attached hydrogens (tertiary/aromatic N) is 1. The topological polar surface area (TPSA) is 91.4 Å². The maximum Gasteiger partial charge on any atom is 0.329 e. The maximum absolute atomic E-state index is 13.7. The van der Waals surface area contributed by atoms with E-state index < -0.39 is 55.4 Å². The van der Waals surface area contributed by atoms with Crippen molar-refractivity contribution in [3.63, 3.8) is 0 Å². The number of ether oxygens (including phenoxy) is 4. The van der Waals surface area contributed by atoms with Gasteiger partial charge in [-0.1, -0.05) is 33.5 Å². The van der Waals surface area contributed by atoms with Gasteiger partial charge in [-0.2, -0.15) is 0 Å². The summed E-state index contributed by atoms with van der Waals surface area (Å²) in [5.74, 6) is -3.11. The van der Waals surface area contributed by atoms with Gasteiger partial charge in [0.1, 0.15) is 17.5 Å². The molecule has 1 aliphatic rings. The van der Waals surface area contributed by atoms with Gasteiger partial charge in [0.25, 0.3) is 5.91 Å². The van der Waals surface area contributed by atoms with Gasteiger partial charge in [-0.15, -0.1) is 0 Å². The summed E-state index contributed by atoms with van der Waals surface area (Å²) in [4.78, 5) is 40.9. The summed E-state index contributed by atoms with van der Waals surface area (Å²) < 4.78 is 36.8. The molecule has 10 heteroatoms. The van der Waals surface area contributed by atoms with Crippen molar-refractivity contribution in [3.05, 3.63) is 47.9 Å². The summed E-state index contributed by atoms with van der Waals surface area (Å²) >= 11 is 0. The first-order chi connectivity index (χ1) is 18.8. The van der Waals surface area contributed by atoms with Gasteiger partial charge in [0, 0.05) is 26.3 Å². The average molecular weight is 594 g/mol. The van der Waals surface area contributed by atoms with E-state index in [1.165, 1.54) is 35.4 Å². The van der Waals surface area contributed by atoms with Crippen LogP contribution in [0.5, 0.6) is 0 Å². The van der Waals surface area contributed by atoms with Crippen molar-refractivity contribution in [1.82, 2.24) is 4.90 Å². The standard InChI is InChI=1S/C31H48FNO7Si/c1-21(2)27(29(36)37-17-18-41(8,9)10)33(28(35)22-11-13-23(32)14-12-22)16-15-24-19-25(39-31(6,7)38-24)20-26(34)40-30(3,4)5/h11-16,21,24-25,27H,17-20H2,1-10H3/b16-15+/t24-,25-,27?/m1/s1. The molecule has 0 radical (unpaired) electrons. The number of carbonyl (C=O) groups is 3. The Morgan fingerprint density at radius 2 is 1.73 bits per heavy atom. The Kier molecular flexibility index (Phi) is 11.9. The van der Waals surface area contributed by atoms with Gasteiger partial charge in [0.15, 0.2) is 5.79 Å². The monoisotopic (exact) mass is 593 g/mol. The molecule has 1 unspecified atom stereocenters. The molecule has 0 saturated carbocycles. The number of benzene rings is 1. The smallest absolute Gasteiger partial charge is 0.329 e. The zero-order valence-electron chi connectivity index (χ0n) is 26.3. The Bertz CT molecular complexity index is 1070. The van der Waals surface area contributed by atoms with Crippen LogP contribution in [0.25, 0.3) is 0 Å². The van der Waals surface area contributed by atoms with Gasteiger partial charge < -0.3 is 23.8 Å². The summed E-state index contributed by atoms with van der Waals surface area (Å²) in [5.41, 5.74) is -0.388. The van der Waals surface area contributed by atoms with Crippen molar-refractivity contribution < 1.29 is 37.7 Å². The number of hydrogen-bond acceptors (Lipinski definition) is 7. The van der Waals surface area contributed by atoms with Crippen LogP contribution in [0.4, 0.5) is 4.39 Å². The molecule has 1 aromatic carbocycles. The minimum atomic E-state index is -1.44. The molecule has 0 N–H and O–H groups in total. The Morgan fingerprint density at radius 3 is 2.27 bits per heavy atom. The molecule has 0 aromatic heterocycles. The van der Waals surface area contributed by atoms with E-state index in [9.17, 15) is 18.8 Å². The molecule has 1 heterocycles. The summed E-state index contributed by atoms with van der Waals surface area (Å²) in [5, 5.41) is 0. The van der Waals surface area contributed by atoms with Gasteiger partial charge in [-0.3, -0.25) is 9.59 Å². The number of carbonyl (C=O) groups excluding carboxylic acids is 3. The first-order valence-electron chi connectivity index (χ1n) is 14.3. The number of esters is 2. The summed E-state index contributed by atoms with van der Waals surface area (Å²) in [7, 11) is -1.44. The zero-order valence-corrected chi connectivity index (χ0v) is 27.3. The fourth-order valence-corrected chi connectivity index (χ4v) is 5.14. The van der Waals surface area contributed by atoms with Gasteiger partial charge in [-0.05, 0) is 76.9 Å². The molecule has 1 fully saturated rings. The van der Waals surface area contributed by atoms with E-state index in [1.807, 2.05) is 13.8 Å². The van der Waals surface area contributed by atoms with E-state index in [2.05, 4.69) is 19.6 Å². The highest BCUT2D eigenvalue weighted by Crippen LogP contribution is 2.30. The fraction of sp³-hybridized carbons (Fsp3) is 0.645. The van der Waals surface area contributed by atoms with E-state index in [4.69, 9.17) is 18.9 Å². The molecule has 0 aliphatic carbocycles. The SMILES string of the molecule is CC(C)C(C(=O)OCC[Si](C)(C)C)N(/C=C/[C@@H]1C[C@H](CC(=O)OC(C)(C)C)OC(C)(C)O1)C(=O)c1ccc(F)cc1. The van der Waals surface area contributed by atoms with Crippen LogP contribution < -0.4 is 0 Å². The first kappa shape index (κ1) is 34.6. The normalized spacial score (nSPS) is 20.1. The molecular formula is C31H48FNO7Si. The lowest BCUT2D eigenvalue weighted by Gasteiger charge is -2.40. The third kappa shape index (κ3) is 12.1. The molecular weight excluding hydrogens is 545 g/mol. The van der Waals surface area contributed by atoms with Gasteiger partial charge in [0.2, 0.25) is 0 Å². The lowest BCUT2D eigenvalue weighted by Crippen LogP contribution is -2.47. The molecule has 3 atom stereocenters. The van der Waals surface area contributed by atoms with Crippen LogP contribution in [0, 0.1) is 11.7 Å². The first-order valence-corrected chi connectivity index (χ1v) is 18.0. The van der Waals surface area contributed by atoms with Gasteiger partial charge in [0.05, 0.1) is 25.2 Å². The van der Waals surface area contributed by atoms with Gasteiger partial charge in [-0.25, -0.2) is 9.18 Å². The Hall–Kier alpha value is -2.56. The van der Waals surface area contributed by atoms with Crippen LogP contribution in [0.2, 0.25) is 25.7 Å². The summed E-state index contributed by atoms with van der Waals surface area (Å²) in [6.07, 6.45) is 2.61. The second-order valence-corrected chi connectivity index (χ2v) is 19.2. The van der Waals surface area contributed by atoms with E-state index in [-0.39, 0.29) is 30.5 Å². The van der Waals surface area contributed by atoms with Crippen LogP contribution in [0.3, 0.4) is 0 Å². The van der Waals surface area contributed by atoms with Gasteiger partial charge >= 0.3 is 11.9 Å². The molecule has 1 saturated heterocycles. The van der Waals surface area contributed by atoms with Crippen LogP contribution in [0.1, 0.15) is 71.7 Å². The molecule has 41 heavy (non-hydrogen) atoms. The van der Waals surface area contributed by atoms with Crippen molar-refractivity contribution >= 4 is 25.9 Å². The minimum absolute atomic E-state index is 0.0463. The van der Waals surface area contributed by atoms with Crippen LogP contribution >= 0.6 is 0 Å². The largest absolute Gasteiger partial charge is 0.464 e. The zero-order chi connectivity index (χ0) is 31.2. The minimum Gasteiger partial charge on any atom is -0.464 e. The highest BCUT2D eigenvalue weighted by molar-refractivity contribution is 6.76. The lowest BCUT2D eigenvalue weighted by atomic mass is 10.0. The summed E-state index contributed by atoms with van der Waals surface area (Å²) in [6, 6.07) is 5.06. The van der Waals surface area contributed by atoms with Crippen LogP contribution in [-0.2, 0) is 28.5 Å². The van der Waals surface area contributed by atoms with Crippen molar-refractivity contribution in [2.75, 3.05) is 6.61 Å². The molecule has 230 valence electrons. The molecule has 1 aromatic rings. The van der Waals surface area contributed by atoms with Crippen molar-refractivity contribution in [2.45, 2.75) is 117 Å². The third-order valence-electron chi connectivity index (χ3n) is 6.25. The fourth-order valence-electron chi connectivity index (χ4n) is 4.43. The highest BCUT2D eigenvalue weighted by Gasteiger charge is 2.38. The van der Waals surface area contributed by atoms with E-state index in [1.54, 1.807) is 40.7 Å². The predicted octanol–water partition coefficient (Wildman–Crippen LogP) is 6.33. The van der Waals surface area contributed by atoms with Crippen molar-refractivity contribution in [2.24, 2.45) is 5.92 Å². The highest BCUT2D eigenvalue weighted by atomic mass is 28.3. The van der Waals surface area contributed by atoms with Crippen LogP contribution in [0.15, 0.2) is 36.5 Å². The van der Waals surface area contributed by atoms with E-state index in [0.29, 0.717) is 6.42 Å². The van der Waals surface area contributed by atoms with E-state index in [0.717, 1.165) is 6.04 Å². The number of halogens is 1. The quantitative estimate of drug-likeness (QED) is 0.219. The molecule has 1 aliphatic heterocycles.